The molecule has 22 heavy (non-hydrogen) atoms. The smallest absolute Gasteiger partial charge is 0.500 e. The molecule has 0 rings (SSSR count). The molecule has 0 saturated carbocycles. The number of halogens is 1. The summed E-state index contributed by atoms with van der Waals surface area (Å²) in [6.45, 7) is 2.04. The van der Waals surface area contributed by atoms with Crippen LogP contribution in [0.4, 0.5) is 0 Å². The first-order valence-electron chi connectivity index (χ1n) is 7.20. The predicted molar refractivity (Wildman–Crippen MR) is 84.1 cm³/mol. The Labute approximate surface area is 154 Å². The molecule has 0 saturated heterocycles. The van der Waals surface area contributed by atoms with E-state index in [-0.39, 0.29) is 24.0 Å². The van der Waals surface area contributed by atoms with Gasteiger partial charge in [0.2, 0.25) is 0 Å². The number of rotatable bonds is 14. The highest BCUT2D eigenvalue weighted by Gasteiger charge is 2.38. The quantitative estimate of drug-likeness (QED) is 0.167. The molecule has 0 aliphatic heterocycles. The molecule has 0 heterocycles. The summed E-state index contributed by atoms with van der Waals surface area (Å²) < 4.78 is 32.3. The molecular weight excluding hydrogens is 437 g/mol. The van der Waals surface area contributed by atoms with Crippen LogP contribution >= 0.6 is 0 Å². The van der Waals surface area contributed by atoms with Gasteiger partial charge in [-0.2, -0.15) is 0 Å². The van der Waals surface area contributed by atoms with Crippen LogP contribution in [-0.4, -0.2) is 73.4 Å². The van der Waals surface area contributed by atoms with Crippen LogP contribution in [0.2, 0.25) is 12.1 Å². The second-order valence-electron chi connectivity index (χ2n) is 4.66. The molecule has 7 nitrogen and oxygen atoms in total. The van der Waals surface area contributed by atoms with Gasteiger partial charge in [-0.25, -0.2) is 0 Å². The average molecular weight is 469 g/mol. The first kappa shape index (κ1) is 25.1. The molecule has 136 valence electrons. The lowest BCUT2D eigenvalue weighted by Gasteiger charge is -2.24. The van der Waals surface area contributed by atoms with Gasteiger partial charge in [0.1, 0.15) is 0 Å². The van der Waals surface area contributed by atoms with Crippen LogP contribution < -0.4 is 29.3 Å². The van der Waals surface area contributed by atoms with Gasteiger partial charge in [-0.15, -0.1) is 0 Å². The molecule has 0 aromatic heterocycles. The molecule has 0 aliphatic carbocycles. The van der Waals surface area contributed by atoms with E-state index < -0.39 is 17.6 Å². The third kappa shape index (κ3) is 8.66. The molecule has 0 atom stereocenters. The zero-order valence-electron chi connectivity index (χ0n) is 14.6. The fourth-order valence-electron chi connectivity index (χ4n) is 2.18. The minimum Gasteiger partial charge on any atom is -1.00 e. The van der Waals surface area contributed by atoms with Gasteiger partial charge < -0.3 is 55.8 Å². The van der Waals surface area contributed by atoms with Crippen LogP contribution in [-0.2, 0) is 26.6 Å². The molecule has 10 heteroatoms. The van der Waals surface area contributed by atoms with Crippen molar-refractivity contribution < 1.29 is 55.8 Å². The minimum atomic E-state index is -2.41. The molecule has 2 N–H and O–H groups in total. The maximum atomic E-state index is 5.39. The highest BCUT2D eigenvalue weighted by atomic mass is 127. The van der Waals surface area contributed by atoms with Gasteiger partial charge in [0.15, 0.2) is 0 Å². The van der Waals surface area contributed by atoms with Crippen LogP contribution in [0, 0.1) is 0 Å². The van der Waals surface area contributed by atoms with Gasteiger partial charge >= 0.3 is 17.6 Å². The van der Waals surface area contributed by atoms with Crippen molar-refractivity contribution in [3.8, 4) is 0 Å². The number of hydrogen-bond donors (Lipinski definition) is 1. The van der Waals surface area contributed by atoms with Crippen LogP contribution in [0.15, 0.2) is 0 Å². The Bertz CT molecular complexity index is 217. The third-order valence-corrected chi connectivity index (χ3v) is 9.31. The lowest BCUT2D eigenvalue weighted by Crippen LogP contribution is -3.00. The fourth-order valence-corrected chi connectivity index (χ4v) is 5.68. The van der Waals surface area contributed by atoms with Crippen LogP contribution in [0.5, 0.6) is 0 Å². The van der Waals surface area contributed by atoms with Gasteiger partial charge in [-0.3, -0.25) is 0 Å². The summed E-state index contributed by atoms with van der Waals surface area (Å²) in [5.41, 5.74) is 0. The molecular formula is C12H32INO6Si2. The Balaban J connectivity index is 0. The minimum absolute atomic E-state index is 0. The molecule has 0 radical (unpaired) electrons. The summed E-state index contributed by atoms with van der Waals surface area (Å²) in [4.78, 5) is 0. The fraction of sp³-hybridized carbons (Fsp3) is 1.00. The summed E-state index contributed by atoms with van der Waals surface area (Å²) >= 11 is 0. The Kier molecular flexibility index (Phi) is 16.3. The predicted octanol–water partition coefficient (Wildman–Crippen LogP) is -2.91. The lowest BCUT2D eigenvalue weighted by atomic mass is 10.4. The molecule has 0 fully saturated rings. The Morgan fingerprint density at radius 3 is 1.09 bits per heavy atom. The van der Waals surface area contributed by atoms with Crippen molar-refractivity contribution in [1.82, 2.24) is 0 Å². The van der Waals surface area contributed by atoms with Crippen LogP contribution in [0.25, 0.3) is 0 Å². The molecule has 0 bridgehead atoms. The van der Waals surface area contributed by atoms with Crippen LogP contribution in [0.1, 0.15) is 12.8 Å². The second kappa shape index (κ2) is 14.2. The van der Waals surface area contributed by atoms with Crippen molar-refractivity contribution in [2.75, 3.05) is 55.7 Å². The maximum Gasteiger partial charge on any atom is 0.500 e. The van der Waals surface area contributed by atoms with Gasteiger partial charge in [0.05, 0.1) is 13.1 Å². The summed E-state index contributed by atoms with van der Waals surface area (Å²) in [5, 5.41) is 2.28. The normalized spacial score (nSPS) is 12.3. The third-order valence-electron chi connectivity index (χ3n) is 3.65. The Morgan fingerprint density at radius 1 is 0.591 bits per heavy atom. The number of nitrogens with two attached hydrogens (primary N) is 1. The van der Waals surface area contributed by atoms with Crippen molar-refractivity contribution in [3.63, 3.8) is 0 Å². The molecule has 0 aromatic rings. The van der Waals surface area contributed by atoms with E-state index in [0.29, 0.717) is 0 Å². The molecule has 0 amide bonds. The van der Waals surface area contributed by atoms with Crippen molar-refractivity contribution in [2.45, 2.75) is 24.9 Å². The summed E-state index contributed by atoms with van der Waals surface area (Å²) in [5.74, 6) is 0. The summed E-state index contributed by atoms with van der Waals surface area (Å²) in [6, 6.07) is 1.67. The van der Waals surface area contributed by atoms with Gasteiger partial charge in [-0.1, -0.05) is 0 Å². The van der Waals surface area contributed by atoms with E-state index in [1.165, 1.54) is 0 Å². The summed E-state index contributed by atoms with van der Waals surface area (Å²) in [7, 11) is 5.06. The summed E-state index contributed by atoms with van der Waals surface area (Å²) in [6.07, 6.45) is 2.01. The van der Waals surface area contributed by atoms with Crippen LogP contribution in [0.3, 0.4) is 0 Å². The van der Waals surface area contributed by atoms with E-state index in [2.05, 4.69) is 5.32 Å². The number of quaternary nitrogens is 1. The molecule has 0 spiro atoms. The standard InChI is InChI=1S/C12H31NO6Si2.HI/c1-14-20(15-2,16-3)11-7-9-13-10-8-12-21(17-4,18-5)19-6;/h13H,7-12H2,1-6H3;1H. The van der Waals surface area contributed by atoms with Crippen molar-refractivity contribution in [2.24, 2.45) is 0 Å². The highest BCUT2D eigenvalue weighted by Crippen LogP contribution is 2.14. The van der Waals surface area contributed by atoms with Crippen molar-refractivity contribution >= 4 is 17.6 Å². The second-order valence-corrected chi connectivity index (χ2v) is 10.8. The lowest BCUT2D eigenvalue weighted by molar-refractivity contribution is -0.654. The average Bonchev–Trinajstić information content (AvgIpc) is 2.55. The van der Waals surface area contributed by atoms with E-state index in [4.69, 9.17) is 26.6 Å². The Morgan fingerprint density at radius 2 is 0.864 bits per heavy atom. The van der Waals surface area contributed by atoms with Gasteiger partial charge in [-0.05, 0) is 0 Å². The molecule has 0 unspecified atom stereocenters. The Hall–Kier alpha value is 0.884. The van der Waals surface area contributed by atoms with E-state index in [1.54, 1.807) is 42.7 Å². The van der Waals surface area contributed by atoms with Gasteiger partial charge in [0.25, 0.3) is 0 Å². The van der Waals surface area contributed by atoms with E-state index in [0.717, 1.165) is 38.0 Å². The SMILES string of the molecule is CO[Si](CCC[NH2+]CCC[Si](OC)(OC)OC)(OC)OC.[I-]. The highest BCUT2D eigenvalue weighted by molar-refractivity contribution is 6.60. The monoisotopic (exact) mass is 469 g/mol. The van der Waals surface area contributed by atoms with E-state index >= 15 is 0 Å². The first-order valence-corrected chi connectivity index (χ1v) is 11.1. The topological polar surface area (TPSA) is 72.0 Å². The van der Waals surface area contributed by atoms with Gasteiger partial charge in [0, 0.05) is 67.6 Å². The maximum absolute atomic E-state index is 5.39. The van der Waals surface area contributed by atoms with Crippen molar-refractivity contribution in [1.29, 1.82) is 0 Å². The first-order chi connectivity index (χ1) is 10.1. The largest absolute Gasteiger partial charge is 1.00 e. The number of hydrogen-bond acceptors (Lipinski definition) is 6. The van der Waals surface area contributed by atoms with Crippen molar-refractivity contribution in [3.05, 3.63) is 0 Å². The molecule has 0 aliphatic rings. The zero-order valence-corrected chi connectivity index (χ0v) is 18.8. The van der Waals surface area contributed by atoms with E-state index in [9.17, 15) is 0 Å². The zero-order chi connectivity index (χ0) is 16.2. The molecule has 0 aromatic carbocycles. The van der Waals surface area contributed by atoms with E-state index in [1.807, 2.05) is 0 Å².